The number of carbonyl (C=O) groups is 2. The number of carbonyl (C=O) groups excluding carboxylic acids is 2. The number of benzene rings is 2. The van der Waals surface area contributed by atoms with Crippen molar-refractivity contribution in [1.29, 1.82) is 0 Å². The van der Waals surface area contributed by atoms with Crippen molar-refractivity contribution in [2.45, 2.75) is 38.8 Å². The van der Waals surface area contributed by atoms with E-state index in [1.165, 1.54) is 4.88 Å². The van der Waals surface area contributed by atoms with Gasteiger partial charge in [0.2, 0.25) is 11.8 Å². The Bertz CT molecular complexity index is 1140. The fourth-order valence-corrected chi connectivity index (χ4v) is 5.38. The van der Waals surface area contributed by atoms with Crippen LogP contribution >= 0.6 is 11.3 Å². The standard InChI is InChI=1S/C28H32N2O4S/c1-20(2)30(27(31)17-21-9-5-4-6-10-21)18-28(32)29-15-13-26-22(14-16-35-26)23(29)19-34-25-12-8-7-11-24(25)33-3/h4-12,14,16,20,23H,13,15,17-19H2,1-3H3. The smallest absolute Gasteiger partial charge is 0.242 e. The lowest BCUT2D eigenvalue weighted by Gasteiger charge is -2.37. The fourth-order valence-electron chi connectivity index (χ4n) is 4.45. The summed E-state index contributed by atoms with van der Waals surface area (Å²) in [6, 6.07) is 18.9. The predicted octanol–water partition coefficient (Wildman–Crippen LogP) is 4.74. The van der Waals surface area contributed by atoms with Crippen molar-refractivity contribution in [3.05, 3.63) is 82.0 Å². The first-order valence-electron chi connectivity index (χ1n) is 11.9. The minimum absolute atomic E-state index is 0.0467. The summed E-state index contributed by atoms with van der Waals surface area (Å²) in [4.78, 5) is 31.5. The van der Waals surface area contributed by atoms with E-state index in [0.29, 0.717) is 24.7 Å². The van der Waals surface area contributed by atoms with Gasteiger partial charge in [0.05, 0.1) is 19.6 Å². The third kappa shape index (κ3) is 5.85. The van der Waals surface area contributed by atoms with E-state index in [1.54, 1.807) is 23.3 Å². The van der Waals surface area contributed by atoms with Gasteiger partial charge in [0.1, 0.15) is 13.2 Å². The van der Waals surface area contributed by atoms with Gasteiger partial charge in [-0.3, -0.25) is 9.59 Å². The molecule has 1 aliphatic heterocycles. The van der Waals surface area contributed by atoms with Gasteiger partial charge in [0.25, 0.3) is 0 Å². The Hall–Kier alpha value is -3.32. The van der Waals surface area contributed by atoms with Crippen molar-refractivity contribution in [1.82, 2.24) is 9.80 Å². The van der Waals surface area contributed by atoms with Crippen LogP contribution in [-0.4, -0.2) is 54.5 Å². The lowest BCUT2D eigenvalue weighted by molar-refractivity contribution is -0.143. The average molecular weight is 493 g/mol. The van der Waals surface area contributed by atoms with Gasteiger partial charge in [-0.25, -0.2) is 0 Å². The van der Waals surface area contributed by atoms with Gasteiger partial charge >= 0.3 is 0 Å². The van der Waals surface area contributed by atoms with Crippen molar-refractivity contribution in [2.75, 3.05) is 26.8 Å². The maximum atomic E-state index is 13.6. The van der Waals surface area contributed by atoms with Crippen LogP contribution in [0.4, 0.5) is 0 Å². The largest absolute Gasteiger partial charge is 0.493 e. The Morgan fingerprint density at radius 3 is 2.49 bits per heavy atom. The van der Waals surface area contributed by atoms with Crippen molar-refractivity contribution >= 4 is 23.2 Å². The molecule has 2 amide bonds. The van der Waals surface area contributed by atoms with Crippen LogP contribution in [0.3, 0.4) is 0 Å². The van der Waals surface area contributed by atoms with Crippen LogP contribution in [0.1, 0.15) is 35.9 Å². The van der Waals surface area contributed by atoms with Gasteiger partial charge in [-0.2, -0.15) is 0 Å². The molecule has 1 aromatic heterocycles. The van der Waals surface area contributed by atoms with E-state index in [4.69, 9.17) is 9.47 Å². The number of rotatable bonds is 9. The Balaban J connectivity index is 1.50. The zero-order chi connectivity index (χ0) is 24.8. The lowest BCUT2D eigenvalue weighted by atomic mass is 10.00. The first kappa shape index (κ1) is 24.8. The molecule has 1 unspecified atom stereocenters. The van der Waals surface area contributed by atoms with Crippen LogP contribution in [0.15, 0.2) is 66.0 Å². The quantitative estimate of drug-likeness (QED) is 0.433. The normalized spacial score (nSPS) is 15.0. The molecule has 2 aromatic carbocycles. The van der Waals surface area contributed by atoms with Crippen LogP contribution < -0.4 is 9.47 Å². The summed E-state index contributed by atoms with van der Waals surface area (Å²) in [5, 5.41) is 2.07. The van der Waals surface area contributed by atoms with Crippen LogP contribution in [0.5, 0.6) is 11.5 Å². The number of hydrogen-bond donors (Lipinski definition) is 0. The Morgan fingerprint density at radius 1 is 1.06 bits per heavy atom. The van der Waals surface area contributed by atoms with Crippen LogP contribution in [0.2, 0.25) is 0 Å². The van der Waals surface area contributed by atoms with Crippen LogP contribution in [0, 0.1) is 0 Å². The molecular formula is C28H32N2O4S. The number of hydrogen-bond acceptors (Lipinski definition) is 5. The van der Waals surface area contributed by atoms with Gasteiger partial charge in [-0.1, -0.05) is 42.5 Å². The lowest BCUT2D eigenvalue weighted by Crippen LogP contribution is -2.49. The first-order chi connectivity index (χ1) is 17.0. The van der Waals surface area contributed by atoms with E-state index >= 15 is 0 Å². The molecule has 0 spiro atoms. The molecule has 0 radical (unpaired) electrons. The van der Waals surface area contributed by atoms with Crippen molar-refractivity contribution < 1.29 is 19.1 Å². The summed E-state index contributed by atoms with van der Waals surface area (Å²) >= 11 is 1.71. The molecule has 0 fully saturated rings. The molecule has 1 atom stereocenters. The Morgan fingerprint density at radius 2 is 1.77 bits per heavy atom. The molecule has 184 valence electrons. The molecule has 3 aromatic rings. The number of methoxy groups -OCH3 is 1. The molecule has 0 saturated carbocycles. The Kier molecular flexibility index (Phi) is 8.08. The number of ether oxygens (including phenoxy) is 2. The highest BCUT2D eigenvalue weighted by atomic mass is 32.1. The second-order valence-corrected chi connectivity index (χ2v) is 9.89. The van der Waals surface area contributed by atoms with Crippen LogP contribution in [-0.2, 0) is 22.4 Å². The van der Waals surface area contributed by atoms with E-state index in [2.05, 4.69) is 11.4 Å². The molecule has 7 heteroatoms. The van der Waals surface area contributed by atoms with E-state index < -0.39 is 0 Å². The van der Waals surface area contributed by atoms with Gasteiger partial charge in [-0.15, -0.1) is 11.3 Å². The van der Waals surface area contributed by atoms with Crippen molar-refractivity contribution in [2.24, 2.45) is 0 Å². The molecule has 1 aliphatic rings. The molecule has 0 bridgehead atoms. The minimum atomic E-state index is -0.222. The minimum Gasteiger partial charge on any atom is -0.493 e. The summed E-state index contributed by atoms with van der Waals surface area (Å²) < 4.78 is 11.6. The number of amides is 2. The second kappa shape index (κ2) is 11.4. The third-order valence-electron chi connectivity index (χ3n) is 6.33. The Labute approximate surface area is 211 Å². The van der Waals surface area contributed by atoms with E-state index in [9.17, 15) is 9.59 Å². The molecule has 0 N–H and O–H groups in total. The highest BCUT2D eigenvalue weighted by molar-refractivity contribution is 7.10. The maximum Gasteiger partial charge on any atom is 0.242 e. The predicted molar refractivity (Wildman–Crippen MR) is 138 cm³/mol. The van der Waals surface area contributed by atoms with Gasteiger partial charge in [-0.05, 0) is 55.0 Å². The van der Waals surface area contributed by atoms with Crippen molar-refractivity contribution in [3.8, 4) is 11.5 Å². The number of thiophene rings is 1. The third-order valence-corrected chi connectivity index (χ3v) is 7.32. The number of para-hydroxylation sites is 2. The molecule has 35 heavy (non-hydrogen) atoms. The fraction of sp³-hybridized carbons (Fsp3) is 0.357. The molecule has 2 heterocycles. The molecule has 6 nitrogen and oxygen atoms in total. The summed E-state index contributed by atoms with van der Waals surface area (Å²) in [5.74, 6) is 1.19. The molecule has 4 rings (SSSR count). The van der Waals surface area contributed by atoms with Crippen molar-refractivity contribution in [3.63, 3.8) is 0 Å². The summed E-state index contributed by atoms with van der Waals surface area (Å²) in [6.07, 6.45) is 1.09. The molecule has 0 aliphatic carbocycles. The van der Waals surface area contributed by atoms with Gasteiger partial charge < -0.3 is 19.3 Å². The summed E-state index contributed by atoms with van der Waals surface area (Å²) in [5.41, 5.74) is 2.07. The number of nitrogens with zero attached hydrogens (tertiary/aromatic N) is 2. The zero-order valence-electron chi connectivity index (χ0n) is 20.5. The van der Waals surface area contributed by atoms with E-state index in [1.807, 2.05) is 73.3 Å². The monoisotopic (exact) mass is 492 g/mol. The van der Waals surface area contributed by atoms with Gasteiger partial charge in [0.15, 0.2) is 11.5 Å². The summed E-state index contributed by atoms with van der Waals surface area (Å²) in [7, 11) is 1.61. The summed E-state index contributed by atoms with van der Waals surface area (Å²) in [6.45, 7) is 4.87. The van der Waals surface area contributed by atoms with E-state index in [-0.39, 0.29) is 36.9 Å². The van der Waals surface area contributed by atoms with E-state index in [0.717, 1.165) is 17.5 Å². The molecular weight excluding hydrogens is 460 g/mol. The highest BCUT2D eigenvalue weighted by Gasteiger charge is 2.34. The zero-order valence-corrected chi connectivity index (χ0v) is 21.3. The van der Waals surface area contributed by atoms with Gasteiger partial charge in [0, 0.05) is 17.5 Å². The SMILES string of the molecule is COc1ccccc1OCC1c2ccsc2CCN1C(=O)CN(C(=O)Cc1ccccc1)C(C)C. The number of fused-ring (bicyclic) bond motifs is 1. The maximum absolute atomic E-state index is 13.6. The van der Waals surface area contributed by atoms with Crippen LogP contribution in [0.25, 0.3) is 0 Å². The molecule has 0 saturated heterocycles. The average Bonchev–Trinajstić information content (AvgIpc) is 3.35. The second-order valence-electron chi connectivity index (χ2n) is 8.89. The topological polar surface area (TPSA) is 59.1 Å². The highest BCUT2D eigenvalue weighted by Crippen LogP contribution is 2.35. The first-order valence-corrected chi connectivity index (χ1v) is 12.8.